The number of thiazole rings is 1. The van der Waals surface area contributed by atoms with Crippen molar-refractivity contribution in [3.63, 3.8) is 0 Å². The Balaban J connectivity index is 1.48. The summed E-state index contributed by atoms with van der Waals surface area (Å²) in [7, 11) is 0. The predicted octanol–water partition coefficient (Wildman–Crippen LogP) is 4.16. The molecule has 0 aliphatic carbocycles. The molecule has 2 aromatic heterocycles. The maximum absolute atomic E-state index is 12.9. The molecule has 6 nitrogen and oxygen atoms in total. The van der Waals surface area contributed by atoms with E-state index in [2.05, 4.69) is 42.0 Å². The standard InChI is InChI=1S/C21H27N5OS/c1-14(2)16-6-5-7-18-19(16)23-21(28-18)25-12-10-24(11-13-25)20(27)17-8-9-22-26(17)15(3)4/h5-9,14-15H,10-13H2,1-4H3. The number of aromatic nitrogens is 3. The van der Waals surface area contributed by atoms with E-state index >= 15 is 0 Å². The van der Waals surface area contributed by atoms with E-state index in [4.69, 9.17) is 4.98 Å². The Labute approximate surface area is 169 Å². The van der Waals surface area contributed by atoms with Crippen molar-refractivity contribution in [2.24, 2.45) is 0 Å². The van der Waals surface area contributed by atoms with Gasteiger partial charge < -0.3 is 9.80 Å². The zero-order valence-corrected chi connectivity index (χ0v) is 17.7. The van der Waals surface area contributed by atoms with Crippen molar-refractivity contribution in [1.82, 2.24) is 19.7 Å². The molecule has 148 valence electrons. The molecule has 28 heavy (non-hydrogen) atoms. The number of piperazine rings is 1. The van der Waals surface area contributed by atoms with Crippen LogP contribution >= 0.6 is 11.3 Å². The first kappa shape index (κ1) is 18.9. The normalized spacial score (nSPS) is 15.2. The third-order valence-electron chi connectivity index (χ3n) is 5.28. The number of carbonyl (C=O) groups is 1. The highest BCUT2D eigenvalue weighted by atomic mass is 32.1. The minimum absolute atomic E-state index is 0.0669. The molecule has 3 heterocycles. The zero-order valence-electron chi connectivity index (χ0n) is 16.9. The molecule has 3 aromatic rings. The van der Waals surface area contributed by atoms with Crippen LogP contribution in [0.4, 0.5) is 5.13 Å². The van der Waals surface area contributed by atoms with Gasteiger partial charge in [-0.15, -0.1) is 0 Å². The molecule has 0 spiro atoms. The first-order valence-electron chi connectivity index (χ1n) is 9.93. The topological polar surface area (TPSA) is 54.3 Å². The first-order valence-corrected chi connectivity index (χ1v) is 10.7. The largest absolute Gasteiger partial charge is 0.345 e. The highest BCUT2D eigenvalue weighted by Crippen LogP contribution is 2.33. The molecule has 0 unspecified atom stereocenters. The highest BCUT2D eigenvalue weighted by molar-refractivity contribution is 7.22. The van der Waals surface area contributed by atoms with E-state index in [-0.39, 0.29) is 11.9 Å². The van der Waals surface area contributed by atoms with Gasteiger partial charge in [-0.1, -0.05) is 37.3 Å². The van der Waals surface area contributed by atoms with Crippen LogP contribution in [0.15, 0.2) is 30.5 Å². The van der Waals surface area contributed by atoms with Crippen LogP contribution < -0.4 is 4.90 Å². The van der Waals surface area contributed by atoms with Gasteiger partial charge in [0.05, 0.1) is 10.2 Å². The number of para-hydroxylation sites is 1. The van der Waals surface area contributed by atoms with Crippen LogP contribution in [0, 0.1) is 0 Å². The van der Waals surface area contributed by atoms with Crippen molar-refractivity contribution in [2.75, 3.05) is 31.1 Å². The maximum atomic E-state index is 12.9. The highest BCUT2D eigenvalue weighted by Gasteiger charge is 2.26. The van der Waals surface area contributed by atoms with Crippen LogP contribution in [0.1, 0.15) is 55.7 Å². The van der Waals surface area contributed by atoms with Crippen molar-refractivity contribution >= 4 is 32.6 Å². The number of fused-ring (bicyclic) bond motifs is 1. The zero-order chi connectivity index (χ0) is 19.8. The van der Waals surface area contributed by atoms with Gasteiger partial charge in [0, 0.05) is 38.4 Å². The van der Waals surface area contributed by atoms with Crippen LogP contribution in [-0.4, -0.2) is 51.8 Å². The lowest BCUT2D eigenvalue weighted by molar-refractivity contribution is 0.0732. The van der Waals surface area contributed by atoms with Gasteiger partial charge >= 0.3 is 0 Å². The Morgan fingerprint density at radius 2 is 1.82 bits per heavy atom. The Hall–Kier alpha value is -2.41. The molecule has 0 saturated carbocycles. The summed E-state index contributed by atoms with van der Waals surface area (Å²) in [6.45, 7) is 11.5. The summed E-state index contributed by atoms with van der Waals surface area (Å²) >= 11 is 1.75. The molecule has 1 aliphatic rings. The first-order chi connectivity index (χ1) is 13.5. The fourth-order valence-electron chi connectivity index (χ4n) is 3.72. The summed E-state index contributed by atoms with van der Waals surface area (Å²) in [6.07, 6.45) is 1.71. The van der Waals surface area contributed by atoms with E-state index in [1.54, 1.807) is 22.2 Å². The minimum Gasteiger partial charge on any atom is -0.345 e. The van der Waals surface area contributed by atoms with Gasteiger partial charge in [0.2, 0.25) is 0 Å². The molecule has 7 heteroatoms. The Morgan fingerprint density at radius 1 is 1.07 bits per heavy atom. The van der Waals surface area contributed by atoms with Gasteiger partial charge in [0.15, 0.2) is 5.13 Å². The molecule has 0 N–H and O–H groups in total. The number of nitrogens with zero attached hydrogens (tertiary/aromatic N) is 5. The molecular formula is C21H27N5OS. The molecule has 4 rings (SSSR count). The van der Waals surface area contributed by atoms with Crippen molar-refractivity contribution in [2.45, 2.75) is 39.7 Å². The Bertz CT molecular complexity index is 982. The van der Waals surface area contributed by atoms with Gasteiger partial charge in [-0.05, 0) is 37.5 Å². The summed E-state index contributed by atoms with van der Waals surface area (Å²) in [6, 6.07) is 8.43. The van der Waals surface area contributed by atoms with Crippen LogP contribution in [0.5, 0.6) is 0 Å². The predicted molar refractivity (Wildman–Crippen MR) is 114 cm³/mol. The number of benzene rings is 1. The number of rotatable bonds is 4. The van der Waals surface area contributed by atoms with E-state index in [9.17, 15) is 4.79 Å². The second-order valence-corrected chi connectivity index (χ2v) is 8.89. The summed E-state index contributed by atoms with van der Waals surface area (Å²) in [5.74, 6) is 0.524. The van der Waals surface area contributed by atoms with E-state index in [1.165, 1.54) is 10.3 Å². The van der Waals surface area contributed by atoms with E-state index in [0.717, 1.165) is 23.7 Å². The average Bonchev–Trinajstić information content (AvgIpc) is 3.34. The number of hydrogen-bond donors (Lipinski definition) is 0. The van der Waals surface area contributed by atoms with E-state index in [1.807, 2.05) is 24.8 Å². The second-order valence-electron chi connectivity index (χ2n) is 7.88. The van der Waals surface area contributed by atoms with Gasteiger partial charge in [-0.3, -0.25) is 9.48 Å². The van der Waals surface area contributed by atoms with Crippen LogP contribution in [0.2, 0.25) is 0 Å². The molecular weight excluding hydrogens is 370 g/mol. The van der Waals surface area contributed by atoms with Gasteiger partial charge in [-0.2, -0.15) is 5.10 Å². The number of carbonyl (C=O) groups excluding carboxylic acids is 1. The third kappa shape index (κ3) is 3.39. The average molecular weight is 398 g/mol. The molecule has 1 saturated heterocycles. The molecule has 1 fully saturated rings. The van der Waals surface area contributed by atoms with Gasteiger partial charge in [0.1, 0.15) is 5.69 Å². The fraction of sp³-hybridized carbons (Fsp3) is 0.476. The number of amides is 1. The van der Waals surface area contributed by atoms with Crippen molar-refractivity contribution in [3.8, 4) is 0 Å². The molecule has 1 aromatic carbocycles. The third-order valence-corrected chi connectivity index (χ3v) is 6.36. The summed E-state index contributed by atoms with van der Waals surface area (Å²) in [4.78, 5) is 22.1. The molecule has 0 radical (unpaired) electrons. The maximum Gasteiger partial charge on any atom is 0.272 e. The van der Waals surface area contributed by atoms with Gasteiger partial charge in [-0.25, -0.2) is 4.98 Å². The van der Waals surface area contributed by atoms with Crippen molar-refractivity contribution < 1.29 is 4.79 Å². The lowest BCUT2D eigenvalue weighted by atomic mass is 10.0. The smallest absolute Gasteiger partial charge is 0.272 e. The molecule has 0 atom stereocenters. The summed E-state index contributed by atoms with van der Waals surface area (Å²) in [5.41, 5.74) is 3.10. The van der Waals surface area contributed by atoms with Crippen LogP contribution in [0.3, 0.4) is 0 Å². The monoisotopic (exact) mass is 397 g/mol. The van der Waals surface area contributed by atoms with Gasteiger partial charge in [0.25, 0.3) is 5.91 Å². The second kappa shape index (κ2) is 7.54. The molecule has 1 amide bonds. The van der Waals surface area contributed by atoms with Crippen molar-refractivity contribution in [3.05, 3.63) is 41.7 Å². The summed E-state index contributed by atoms with van der Waals surface area (Å²) < 4.78 is 3.04. The summed E-state index contributed by atoms with van der Waals surface area (Å²) in [5, 5.41) is 5.35. The van der Waals surface area contributed by atoms with Crippen molar-refractivity contribution in [1.29, 1.82) is 0 Å². The van der Waals surface area contributed by atoms with Crippen LogP contribution in [0.25, 0.3) is 10.2 Å². The Morgan fingerprint density at radius 3 is 2.50 bits per heavy atom. The van der Waals surface area contributed by atoms with Crippen LogP contribution in [-0.2, 0) is 0 Å². The Kier molecular flexibility index (Phi) is 5.10. The SMILES string of the molecule is CC(C)c1cccc2sc(N3CCN(C(=O)c4ccnn4C(C)C)CC3)nc12. The van der Waals surface area contributed by atoms with E-state index < -0.39 is 0 Å². The minimum atomic E-state index is 0.0669. The lowest BCUT2D eigenvalue weighted by Gasteiger charge is -2.34. The van der Waals surface area contributed by atoms with E-state index in [0.29, 0.717) is 24.7 Å². The number of hydrogen-bond acceptors (Lipinski definition) is 5. The fourth-order valence-corrected chi connectivity index (χ4v) is 4.77. The molecule has 1 aliphatic heterocycles. The lowest BCUT2D eigenvalue weighted by Crippen LogP contribution is -2.49. The quantitative estimate of drug-likeness (QED) is 0.663. The number of anilines is 1. The molecule has 0 bridgehead atoms.